The quantitative estimate of drug-likeness (QED) is 0.850. The van der Waals surface area contributed by atoms with E-state index in [1.54, 1.807) is 18.2 Å². The molecule has 5 atom stereocenters. The molecule has 1 N–H and O–H groups in total. The molecular weight excluding hydrogens is 313 g/mol. The standard InChI is InChI=1S/C15H13Cl2NO3/c16-9-2-1-7(5-10(9)17)18-14(19)12-6-3-8-11(4-6)21-15(20)13(8)12/h1-2,5-6,8,11-13H,3-4H2,(H,18,19)/t6-,8-,11-,12-,13+/m1/s1. The zero-order valence-electron chi connectivity index (χ0n) is 11.0. The number of hydrogen-bond donors (Lipinski definition) is 1. The molecule has 1 amide bonds. The minimum atomic E-state index is -0.282. The van der Waals surface area contributed by atoms with Crippen LogP contribution in [0.25, 0.3) is 0 Å². The number of benzene rings is 1. The molecule has 1 aromatic carbocycles. The van der Waals surface area contributed by atoms with Crippen LogP contribution in [0.1, 0.15) is 12.8 Å². The highest BCUT2D eigenvalue weighted by Crippen LogP contribution is 2.57. The molecule has 2 aliphatic carbocycles. The van der Waals surface area contributed by atoms with E-state index in [4.69, 9.17) is 27.9 Å². The summed E-state index contributed by atoms with van der Waals surface area (Å²) in [6.07, 6.45) is 1.77. The number of nitrogens with one attached hydrogen (secondary N) is 1. The number of fused-ring (bicyclic) bond motifs is 1. The van der Waals surface area contributed by atoms with Crippen LogP contribution in [0.2, 0.25) is 10.0 Å². The Labute approximate surface area is 131 Å². The Balaban J connectivity index is 1.55. The molecule has 110 valence electrons. The highest BCUT2D eigenvalue weighted by atomic mass is 35.5. The van der Waals surface area contributed by atoms with Gasteiger partial charge in [-0.25, -0.2) is 0 Å². The zero-order valence-corrected chi connectivity index (χ0v) is 12.5. The van der Waals surface area contributed by atoms with Gasteiger partial charge in [-0.1, -0.05) is 23.2 Å². The average molecular weight is 326 g/mol. The number of rotatable bonds is 2. The third-order valence-corrected chi connectivity index (χ3v) is 5.71. The van der Waals surface area contributed by atoms with Crippen molar-refractivity contribution >= 4 is 40.8 Å². The lowest BCUT2D eigenvalue weighted by Crippen LogP contribution is -2.35. The van der Waals surface area contributed by atoms with Gasteiger partial charge in [0.05, 0.1) is 21.9 Å². The van der Waals surface area contributed by atoms with E-state index >= 15 is 0 Å². The van der Waals surface area contributed by atoms with Crippen LogP contribution in [-0.2, 0) is 14.3 Å². The van der Waals surface area contributed by atoms with Gasteiger partial charge in [-0.3, -0.25) is 9.59 Å². The first-order valence-electron chi connectivity index (χ1n) is 7.01. The van der Waals surface area contributed by atoms with Crippen molar-refractivity contribution in [2.75, 3.05) is 5.32 Å². The van der Waals surface area contributed by atoms with E-state index in [2.05, 4.69) is 5.32 Å². The molecular formula is C15H13Cl2NO3. The van der Waals surface area contributed by atoms with E-state index in [1.165, 1.54) is 0 Å². The zero-order chi connectivity index (χ0) is 14.7. The van der Waals surface area contributed by atoms with Crippen LogP contribution < -0.4 is 5.32 Å². The number of hydrogen-bond acceptors (Lipinski definition) is 3. The highest BCUT2D eigenvalue weighted by Gasteiger charge is 2.63. The first kappa shape index (κ1) is 13.4. The van der Waals surface area contributed by atoms with Crippen LogP contribution in [0.5, 0.6) is 0 Å². The number of ether oxygens (including phenoxy) is 1. The molecule has 2 bridgehead atoms. The Morgan fingerprint density at radius 1 is 1.24 bits per heavy atom. The summed E-state index contributed by atoms with van der Waals surface area (Å²) in [6, 6.07) is 4.96. The largest absolute Gasteiger partial charge is 0.462 e. The third kappa shape index (κ3) is 1.96. The van der Waals surface area contributed by atoms with Gasteiger partial charge in [0.15, 0.2) is 0 Å². The second-order valence-electron chi connectivity index (χ2n) is 6.04. The van der Waals surface area contributed by atoms with Crippen molar-refractivity contribution in [2.45, 2.75) is 18.9 Å². The first-order valence-corrected chi connectivity index (χ1v) is 7.76. The fraction of sp³-hybridized carbons (Fsp3) is 0.467. The molecule has 3 fully saturated rings. The summed E-state index contributed by atoms with van der Waals surface area (Å²) < 4.78 is 5.35. The Morgan fingerprint density at radius 3 is 2.81 bits per heavy atom. The topological polar surface area (TPSA) is 55.4 Å². The van der Waals surface area contributed by atoms with Crippen LogP contribution >= 0.6 is 23.2 Å². The van der Waals surface area contributed by atoms with E-state index in [0.717, 1.165) is 12.8 Å². The summed E-state index contributed by atoms with van der Waals surface area (Å²) in [4.78, 5) is 24.5. The molecule has 6 heteroatoms. The van der Waals surface area contributed by atoms with Crippen molar-refractivity contribution in [3.8, 4) is 0 Å². The Hall–Kier alpha value is -1.26. The van der Waals surface area contributed by atoms with E-state index in [9.17, 15) is 9.59 Å². The number of amides is 1. The normalized spacial score (nSPS) is 35.9. The fourth-order valence-electron chi connectivity index (χ4n) is 4.16. The monoisotopic (exact) mass is 325 g/mol. The van der Waals surface area contributed by atoms with Gasteiger partial charge in [0.2, 0.25) is 5.91 Å². The first-order chi connectivity index (χ1) is 10.0. The van der Waals surface area contributed by atoms with Crippen molar-refractivity contribution in [1.82, 2.24) is 0 Å². The third-order valence-electron chi connectivity index (χ3n) is 4.97. The van der Waals surface area contributed by atoms with Gasteiger partial charge < -0.3 is 10.1 Å². The number of halogens is 2. The molecule has 1 saturated heterocycles. The molecule has 1 aromatic rings. The molecule has 4 rings (SSSR count). The van der Waals surface area contributed by atoms with Crippen molar-refractivity contribution in [3.63, 3.8) is 0 Å². The Bertz CT molecular complexity index is 646. The van der Waals surface area contributed by atoms with E-state index < -0.39 is 0 Å². The maximum atomic E-state index is 12.5. The average Bonchev–Trinajstić information content (AvgIpc) is 3.04. The number of anilines is 1. The van der Waals surface area contributed by atoms with Crippen molar-refractivity contribution in [3.05, 3.63) is 28.2 Å². The SMILES string of the molecule is O=C(Nc1ccc(Cl)c(Cl)c1)[C@@H]1[C@@H]2C[C@H]3[C@@H]1C(=O)O[C@@H]3C2. The molecule has 21 heavy (non-hydrogen) atoms. The summed E-state index contributed by atoms with van der Waals surface area (Å²) in [7, 11) is 0. The van der Waals surface area contributed by atoms with Gasteiger partial charge in [-0.2, -0.15) is 0 Å². The van der Waals surface area contributed by atoms with Gasteiger partial charge in [-0.05, 0) is 37.0 Å². The maximum Gasteiger partial charge on any atom is 0.310 e. The predicted octanol–water partition coefficient (Wildman–Crippen LogP) is 3.13. The van der Waals surface area contributed by atoms with E-state index in [-0.39, 0.29) is 41.7 Å². The lowest BCUT2D eigenvalue weighted by atomic mass is 9.79. The van der Waals surface area contributed by atoms with Crippen molar-refractivity contribution < 1.29 is 14.3 Å². The van der Waals surface area contributed by atoms with Gasteiger partial charge in [0.25, 0.3) is 0 Å². The van der Waals surface area contributed by atoms with Crippen LogP contribution in [-0.4, -0.2) is 18.0 Å². The summed E-state index contributed by atoms with van der Waals surface area (Å²) in [5, 5.41) is 3.68. The van der Waals surface area contributed by atoms with Gasteiger partial charge >= 0.3 is 5.97 Å². The molecule has 0 unspecified atom stereocenters. The molecule has 3 aliphatic rings. The second-order valence-corrected chi connectivity index (χ2v) is 6.85. The minimum absolute atomic E-state index is 0.0431. The van der Waals surface area contributed by atoms with Crippen molar-refractivity contribution in [1.29, 1.82) is 0 Å². The molecule has 4 nitrogen and oxygen atoms in total. The molecule has 0 radical (unpaired) electrons. The van der Waals surface area contributed by atoms with Crippen molar-refractivity contribution in [2.24, 2.45) is 23.7 Å². The van der Waals surface area contributed by atoms with Gasteiger partial charge in [-0.15, -0.1) is 0 Å². The van der Waals surface area contributed by atoms with E-state index in [1.807, 2.05) is 0 Å². The fourth-order valence-corrected chi connectivity index (χ4v) is 4.46. The summed E-state index contributed by atoms with van der Waals surface area (Å²) >= 11 is 11.8. The summed E-state index contributed by atoms with van der Waals surface area (Å²) in [6.45, 7) is 0. The minimum Gasteiger partial charge on any atom is -0.462 e. The molecule has 0 spiro atoms. The van der Waals surface area contributed by atoms with Gasteiger partial charge in [0.1, 0.15) is 6.10 Å². The smallest absolute Gasteiger partial charge is 0.310 e. The number of carbonyl (C=O) groups excluding carboxylic acids is 2. The van der Waals surface area contributed by atoms with Crippen LogP contribution in [0, 0.1) is 23.7 Å². The molecule has 0 aromatic heterocycles. The summed E-state index contributed by atoms with van der Waals surface area (Å²) in [5.74, 6) is -0.402. The van der Waals surface area contributed by atoms with Gasteiger partial charge in [0, 0.05) is 11.6 Å². The summed E-state index contributed by atoms with van der Waals surface area (Å²) in [5.41, 5.74) is 0.597. The van der Waals surface area contributed by atoms with Crippen LogP contribution in [0.3, 0.4) is 0 Å². The number of esters is 1. The lowest BCUT2D eigenvalue weighted by Gasteiger charge is -2.23. The lowest BCUT2D eigenvalue weighted by molar-refractivity contribution is -0.145. The maximum absolute atomic E-state index is 12.5. The second kappa shape index (κ2) is 4.62. The Kier molecular flexibility index (Phi) is 2.95. The van der Waals surface area contributed by atoms with Crippen LogP contribution in [0.4, 0.5) is 5.69 Å². The molecule has 2 saturated carbocycles. The molecule has 1 aliphatic heterocycles. The number of carbonyl (C=O) groups is 2. The molecule has 1 heterocycles. The Morgan fingerprint density at radius 2 is 2.05 bits per heavy atom. The predicted molar refractivity (Wildman–Crippen MR) is 78.2 cm³/mol. The van der Waals surface area contributed by atoms with E-state index in [0.29, 0.717) is 15.7 Å². The highest BCUT2D eigenvalue weighted by molar-refractivity contribution is 6.42. The van der Waals surface area contributed by atoms with Crippen LogP contribution in [0.15, 0.2) is 18.2 Å².